The quantitative estimate of drug-likeness (QED) is 0.170. The Bertz CT molecular complexity index is 534. The third-order valence-electron chi connectivity index (χ3n) is 4.38. The Balaban J connectivity index is 0.00000364. The second-order valence-corrected chi connectivity index (χ2v) is 9.94. The summed E-state index contributed by atoms with van der Waals surface area (Å²) >= 11 is 3.53. The number of rotatable bonds is 8. The summed E-state index contributed by atoms with van der Waals surface area (Å²) in [5.74, 6) is 2.49. The molecule has 2 unspecified atom stereocenters. The number of aliphatic imine (C=N–C) groups is 1. The van der Waals surface area contributed by atoms with E-state index in [0.717, 1.165) is 55.1 Å². The van der Waals surface area contributed by atoms with Gasteiger partial charge in [0, 0.05) is 49.5 Å². The number of hydrogen-bond donors (Lipinski definition) is 2. The van der Waals surface area contributed by atoms with Crippen LogP contribution in [0.4, 0.5) is 0 Å². The highest BCUT2D eigenvalue weighted by Crippen LogP contribution is 2.34. The van der Waals surface area contributed by atoms with Gasteiger partial charge in [0.1, 0.15) is 4.34 Å². The second-order valence-electron chi connectivity index (χ2n) is 7.71. The Labute approximate surface area is 190 Å². The molecule has 2 rings (SSSR count). The molecular formula is C19H35IN4OS2. The van der Waals surface area contributed by atoms with Crippen molar-refractivity contribution in [3.05, 3.63) is 11.6 Å². The molecule has 27 heavy (non-hydrogen) atoms. The van der Waals surface area contributed by atoms with E-state index < -0.39 is 0 Å². The van der Waals surface area contributed by atoms with Crippen molar-refractivity contribution in [3.63, 3.8) is 0 Å². The molecule has 2 atom stereocenters. The molecule has 0 spiro atoms. The number of halogens is 1. The zero-order valence-electron chi connectivity index (χ0n) is 17.0. The Morgan fingerprint density at radius 2 is 2.22 bits per heavy atom. The lowest BCUT2D eigenvalue weighted by Gasteiger charge is -2.39. The summed E-state index contributed by atoms with van der Waals surface area (Å²) in [4.78, 5) is 9.15. The summed E-state index contributed by atoms with van der Waals surface area (Å²) in [6, 6.07) is 0. The third kappa shape index (κ3) is 9.32. The maximum atomic E-state index is 6.08. The minimum atomic E-state index is 0. The highest BCUT2D eigenvalue weighted by atomic mass is 127. The van der Waals surface area contributed by atoms with Crippen LogP contribution in [0.2, 0.25) is 0 Å². The average molecular weight is 527 g/mol. The molecule has 1 saturated heterocycles. The zero-order chi connectivity index (χ0) is 18.8. The maximum Gasteiger partial charge on any atom is 0.191 e. The van der Waals surface area contributed by atoms with E-state index in [-0.39, 0.29) is 35.5 Å². The molecule has 0 aromatic carbocycles. The van der Waals surface area contributed by atoms with Crippen molar-refractivity contribution in [2.75, 3.05) is 32.0 Å². The lowest BCUT2D eigenvalue weighted by molar-refractivity contribution is -0.0823. The fourth-order valence-corrected chi connectivity index (χ4v) is 4.91. The molecule has 0 radical (unpaired) electrons. The first-order chi connectivity index (χ1) is 12.5. The highest BCUT2D eigenvalue weighted by Gasteiger charge is 2.35. The van der Waals surface area contributed by atoms with Gasteiger partial charge in [-0.3, -0.25) is 4.99 Å². The molecule has 5 nitrogen and oxygen atoms in total. The van der Waals surface area contributed by atoms with Crippen LogP contribution < -0.4 is 10.6 Å². The van der Waals surface area contributed by atoms with Crippen LogP contribution in [0.3, 0.4) is 0 Å². The van der Waals surface area contributed by atoms with E-state index in [4.69, 9.17) is 9.73 Å². The van der Waals surface area contributed by atoms with E-state index >= 15 is 0 Å². The van der Waals surface area contributed by atoms with E-state index in [1.165, 1.54) is 6.42 Å². The van der Waals surface area contributed by atoms with Crippen LogP contribution in [0, 0.1) is 11.3 Å². The molecule has 1 fully saturated rings. The highest BCUT2D eigenvalue weighted by molar-refractivity contribution is 14.0. The van der Waals surface area contributed by atoms with Gasteiger partial charge in [0.25, 0.3) is 0 Å². The zero-order valence-corrected chi connectivity index (χ0v) is 21.0. The molecule has 0 bridgehead atoms. The van der Waals surface area contributed by atoms with Crippen LogP contribution in [0.15, 0.2) is 20.9 Å². The molecule has 2 N–H and O–H groups in total. The van der Waals surface area contributed by atoms with Crippen LogP contribution in [-0.2, 0) is 4.74 Å². The topological polar surface area (TPSA) is 58.5 Å². The molecule has 1 aromatic heterocycles. The number of nitrogens with zero attached hydrogens (tertiary/aromatic N) is 2. The summed E-state index contributed by atoms with van der Waals surface area (Å²) in [6.45, 7) is 12.4. The summed E-state index contributed by atoms with van der Waals surface area (Å²) < 4.78 is 7.23. The first-order valence-electron chi connectivity index (χ1n) is 9.66. The number of hydrogen-bond acceptors (Lipinski definition) is 5. The van der Waals surface area contributed by atoms with Crippen LogP contribution in [0.1, 0.15) is 47.0 Å². The lowest BCUT2D eigenvalue weighted by Crippen LogP contribution is -2.43. The van der Waals surface area contributed by atoms with E-state index in [0.29, 0.717) is 5.92 Å². The number of aromatic nitrogens is 1. The van der Waals surface area contributed by atoms with Gasteiger partial charge in [0.2, 0.25) is 0 Å². The molecule has 8 heteroatoms. The second kappa shape index (κ2) is 13.2. The van der Waals surface area contributed by atoms with Gasteiger partial charge in [-0.1, -0.05) is 32.5 Å². The molecule has 156 valence electrons. The SMILES string of the molecule is CCNC(=NCC1CCCOC1C(C)(C)C)NCCCSc1nccs1.I. The van der Waals surface area contributed by atoms with E-state index in [1.807, 2.05) is 23.3 Å². The van der Waals surface area contributed by atoms with Crippen molar-refractivity contribution in [1.82, 2.24) is 15.6 Å². The minimum Gasteiger partial charge on any atom is -0.377 e. The fraction of sp³-hybridized carbons (Fsp3) is 0.789. The van der Waals surface area contributed by atoms with Crippen molar-refractivity contribution in [3.8, 4) is 0 Å². The molecule has 1 aliphatic heterocycles. The van der Waals surface area contributed by atoms with Crippen molar-refractivity contribution >= 4 is 53.0 Å². The van der Waals surface area contributed by atoms with Gasteiger partial charge in [-0.25, -0.2) is 4.98 Å². The molecule has 0 saturated carbocycles. The number of guanidine groups is 1. The van der Waals surface area contributed by atoms with Gasteiger partial charge in [-0.15, -0.1) is 35.3 Å². The molecule has 0 amide bonds. The molecule has 1 aromatic rings. The number of thiazole rings is 1. The Morgan fingerprint density at radius 3 is 2.89 bits per heavy atom. The standard InChI is InChI=1S/C19H34N4OS2.HI/c1-5-20-17(21-9-7-12-25-18-22-10-13-26-18)23-14-15-8-6-11-24-16(15)19(2,3)4;/h10,13,15-16H,5-9,11-12,14H2,1-4H3,(H2,20,21,23);1H. The van der Waals surface area contributed by atoms with Gasteiger partial charge >= 0.3 is 0 Å². The number of thioether (sulfide) groups is 1. The minimum absolute atomic E-state index is 0. The van der Waals surface area contributed by atoms with Gasteiger partial charge < -0.3 is 15.4 Å². The Hall–Kier alpha value is -0.0600. The largest absolute Gasteiger partial charge is 0.377 e. The molecular weight excluding hydrogens is 491 g/mol. The summed E-state index contributed by atoms with van der Waals surface area (Å²) in [5.41, 5.74) is 0.166. The van der Waals surface area contributed by atoms with Gasteiger partial charge in [-0.2, -0.15) is 0 Å². The monoisotopic (exact) mass is 526 g/mol. The predicted molar refractivity (Wildman–Crippen MR) is 129 cm³/mol. The van der Waals surface area contributed by atoms with Crippen LogP contribution >= 0.6 is 47.1 Å². The summed E-state index contributed by atoms with van der Waals surface area (Å²) in [7, 11) is 0. The summed E-state index contributed by atoms with van der Waals surface area (Å²) in [5, 5.41) is 8.85. The van der Waals surface area contributed by atoms with E-state index in [1.54, 1.807) is 11.3 Å². The normalized spacial score (nSPS) is 20.8. The van der Waals surface area contributed by atoms with Gasteiger partial charge in [0.05, 0.1) is 6.10 Å². The third-order valence-corrected chi connectivity index (χ3v) is 6.43. The van der Waals surface area contributed by atoms with Crippen LogP contribution in [0.5, 0.6) is 0 Å². The van der Waals surface area contributed by atoms with Gasteiger partial charge in [0.15, 0.2) is 5.96 Å². The van der Waals surface area contributed by atoms with Crippen molar-refractivity contribution < 1.29 is 4.74 Å². The predicted octanol–water partition coefficient (Wildman–Crippen LogP) is 4.64. The fourth-order valence-electron chi connectivity index (χ4n) is 3.26. The lowest BCUT2D eigenvalue weighted by atomic mass is 9.78. The summed E-state index contributed by atoms with van der Waals surface area (Å²) in [6.07, 6.45) is 5.59. The first kappa shape index (κ1) is 25.0. The van der Waals surface area contributed by atoms with Crippen LogP contribution in [-0.4, -0.2) is 49.0 Å². The number of ether oxygens (including phenoxy) is 1. The molecule has 0 aliphatic carbocycles. The molecule has 1 aliphatic rings. The van der Waals surface area contributed by atoms with Crippen molar-refractivity contribution in [1.29, 1.82) is 0 Å². The average Bonchev–Trinajstić information content (AvgIpc) is 3.12. The van der Waals surface area contributed by atoms with Crippen molar-refractivity contribution in [2.45, 2.75) is 57.4 Å². The van der Waals surface area contributed by atoms with Crippen molar-refractivity contribution in [2.24, 2.45) is 16.3 Å². The van der Waals surface area contributed by atoms with E-state index in [9.17, 15) is 0 Å². The smallest absolute Gasteiger partial charge is 0.191 e. The Kier molecular flexibility index (Phi) is 12.2. The Morgan fingerprint density at radius 1 is 1.41 bits per heavy atom. The number of nitrogens with one attached hydrogen (secondary N) is 2. The molecule has 2 heterocycles. The first-order valence-corrected chi connectivity index (χ1v) is 11.5. The van der Waals surface area contributed by atoms with Gasteiger partial charge in [-0.05, 0) is 31.6 Å². The van der Waals surface area contributed by atoms with Crippen LogP contribution in [0.25, 0.3) is 0 Å². The maximum absolute atomic E-state index is 6.08. The van der Waals surface area contributed by atoms with E-state index in [2.05, 4.69) is 43.3 Å².